The van der Waals surface area contributed by atoms with Gasteiger partial charge in [-0.1, -0.05) is 13.0 Å². The average molecular weight is 292 g/mol. The van der Waals surface area contributed by atoms with Gasteiger partial charge in [0.25, 0.3) is 0 Å². The van der Waals surface area contributed by atoms with Crippen molar-refractivity contribution in [2.75, 3.05) is 46.5 Å². The van der Waals surface area contributed by atoms with Gasteiger partial charge in [0, 0.05) is 13.1 Å². The van der Waals surface area contributed by atoms with E-state index in [9.17, 15) is 0 Å². The minimum atomic E-state index is 0.159. The smallest absolute Gasteiger partial charge is 0.161 e. The molecule has 2 aliphatic rings. The van der Waals surface area contributed by atoms with Crippen LogP contribution in [0.25, 0.3) is 0 Å². The Hall–Kier alpha value is -1.30. The largest absolute Gasteiger partial charge is 0.486 e. The number of likely N-dealkylation sites (N-methyl/N-ethyl adjacent to an activating group) is 2. The van der Waals surface area contributed by atoms with Crippen LogP contribution in [0.3, 0.4) is 0 Å². The summed E-state index contributed by atoms with van der Waals surface area (Å²) in [7, 11) is 2.16. The first-order valence-electron chi connectivity index (χ1n) is 7.71. The molecule has 5 heteroatoms. The summed E-state index contributed by atoms with van der Waals surface area (Å²) in [5.74, 6) is 1.69. The Labute approximate surface area is 126 Å². The molecule has 1 N–H and O–H groups in total. The third kappa shape index (κ3) is 3.15. The number of fused-ring (bicyclic) bond motifs is 1. The van der Waals surface area contributed by atoms with Crippen LogP contribution in [-0.2, 0) is 4.74 Å². The van der Waals surface area contributed by atoms with Crippen LogP contribution in [0.15, 0.2) is 18.2 Å². The molecule has 116 valence electrons. The number of nitrogens with zero attached hydrogens (tertiary/aromatic N) is 1. The van der Waals surface area contributed by atoms with E-state index in [1.807, 2.05) is 6.07 Å². The van der Waals surface area contributed by atoms with Crippen LogP contribution in [0, 0.1) is 0 Å². The van der Waals surface area contributed by atoms with E-state index >= 15 is 0 Å². The molecule has 0 radical (unpaired) electrons. The molecule has 21 heavy (non-hydrogen) atoms. The second-order valence-electron chi connectivity index (χ2n) is 5.55. The first kappa shape index (κ1) is 14.6. The van der Waals surface area contributed by atoms with Crippen molar-refractivity contribution >= 4 is 0 Å². The molecule has 0 spiro atoms. The van der Waals surface area contributed by atoms with Crippen molar-refractivity contribution < 1.29 is 14.2 Å². The molecule has 1 fully saturated rings. The van der Waals surface area contributed by atoms with Gasteiger partial charge in [0.2, 0.25) is 0 Å². The first-order chi connectivity index (χ1) is 10.3. The van der Waals surface area contributed by atoms with Gasteiger partial charge >= 0.3 is 0 Å². The molecule has 3 rings (SSSR count). The fraction of sp³-hybridized carbons (Fsp3) is 0.625. The zero-order chi connectivity index (χ0) is 14.7. The topological polar surface area (TPSA) is 43.0 Å². The standard InChI is InChI=1S/C16H24N2O3/c1-3-17-11-15-16(18(2)6-7-19-15)12-4-5-13-14(10-12)21-9-8-20-13/h4-5,10,15-17H,3,6-9,11H2,1-2H3. The first-order valence-corrected chi connectivity index (χ1v) is 7.71. The summed E-state index contributed by atoms with van der Waals surface area (Å²) in [4.78, 5) is 2.36. The molecular weight excluding hydrogens is 268 g/mol. The molecule has 0 saturated carbocycles. The maximum Gasteiger partial charge on any atom is 0.161 e. The molecule has 1 aromatic rings. The highest BCUT2D eigenvalue weighted by atomic mass is 16.6. The van der Waals surface area contributed by atoms with Crippen molar-refractivity contribution in [2.24, 2.45) is 0 Å². The van der Waals surface area contributed by atoms with Gasteiger partial charge in [-0.2, -0.15) is 0 Å². The van der Waals surface area contributed by atoms with Gasteiger partial charge in [0.1, 0.15) is 13.2 Å². The van der Waals surface area contributed by atoms with Crippen LogP contribution in [-0.4, -0.2) is 57.5 Å². The summed E-state index contributed by atoms with van der Waals surface area (Å²) < 4.78 is 17.3. The number of benzene rings is 1. The van der Waals surface area contributed by atoms with E-state index in [0.717, 1.165) is 37.7 Å². The van der Waals surface area contributed by atoms with Gasteiger partial charge < -0.3 is 19.5 Å². The van der Waals surface area contributed by atoms with Crippen molar-refractivity contribution in [1.29, 1.82) is 0 Å². The average Bonchev–Trinajstić information content (AvgIpc) is 2.52. The highest BCUT2D eigenvalue weighted by Crippen LogP contribution is 2.36. The predicted molar refractivity (Wildman–Crippen MR) is 81.1 cm³/mol. The Morgan fingerprint density at radius 3 is 2.81 bits per heavy atom. The molecule has 2 atom stereocenters. The zero-order valence-corrected chi connectivity index (χ0v) is 12.8. The highest BCUT2D eigenvalue weighted by molar-refractivity contribution is 5.45. The van der Waals surface area contributed by atoms with Crippen molar-refractivity contribution in [2.45, 2.75) is 19.1 Å². The third-order valence-electron chi connectivity index (χ3n) is 4.11. The van der Waals surface area contributed by atoms with Gasteiger partial charge in [0.05, 0.1) is 18.8 Å². The normalized spacial score (nSPS) is 25.8. The number of nitrogens with one attached hydrogen (secondary N) is 1. The fourth-order valence-electron chi connectivity index (χ4n) is 3.03. The maximum absolute atomic E-state index is 5.99. The van der Waals surface area contributed by atoms with Crippen LogP contribution in [0.4, 0.5) is 0 Å². The van der Waals surface area contributed by atoms with E-state index in [1.54, 1.807) is 0 Å². The fourth-order valence-corrected chi connectivity index (χ4v) is 3.03. The third-order valence-corrected chi connectivity index (χ3v) is 4.11. The lowest BCUT2D eigenvalue weighted by atomic mass is 9.97. The molecular formula is C16H24N2O3. The van der Waals surface area contributed by atoms with Crippen LogP contribution >= 0.6 is 0 Å². The Balaban J connectivity index is 1.84. The number of hydrogen-bond donors (Lipinski definition) is 1. The van der Waals surface area contributed by atoms with Crippen molar-refractivity contribution in [1.82, 2.24) is 10.2 Å². The minimum absolute atomic E-state index is 0.159. The summed E-state index contributed by atoms with van der Waals surface area (Å²) >= 11 is 0. The van der Waals surface area contributed by atoms with Crippen molar-refractivity contribution in [3.8, 4) is 11.5 Å². The van der Waals surface area contributed by atoms with Crippen molar-refractivity contribution in [3.63, 3.8) is 0 Å². The summed E-state index contributed by atoms with van der Waals surface area (Å²) in [5, 5.41) is 3.39. The second-order valence-corrected chi connectivity index (χ2v) is 5.55. The van der Waals surface area contributed by atoms with E-state index in [-0.39, 0.29) is 12.1 Å². The molecule has 0 aromatic heterocycles. The van der Waals surface area contributed by atoms with E-state index in [1.165, 1.54) is 5.56 Å². The molecule has 5 nitrogen and oxygen atoms in total. The lowest BCUT2D eigenvalue weighted by molar-refractivity contribution is -0.0612. The van der Waals surface area contributed by atoms with Gasteiger partial charge in [-0.05, 0) is 31.3 Å². The second kappa shape index (κ2) is 6.64. The predicted octanol–water partition coefficient (Wildman–Crippen LogP) is 1.44. The zero-order valence-electron chi connectivity index (χ0n) is 12.8. The summed E-state index contributed by atoms with van der Waals surface area (Å²) in [6.07, 6.45) is 0.159. The Morgan fingerprint density at radius 2 is 2.00 bits per heavy atom. The quantitative estimate of drug-likeness (QED) is 0.909. The van der Waals surface area contributed by atoms with Crippen LogP contribution in [0.5, 0.6) is 11.5 Å². The van der Waals surface area contributed by atoms with E-state index < -0.39 is 0 Å². The molecule has 2 heterocycles. The lowest BCUT2D eigenvalue weighted by Crippen LogP contribution is -2.47. The van der Waals surface area contributed by atoms with Crippen LogP contribution < -0.4 is 14.8 Å². The van der Waals surface area contributed by atoms with Crippen molar-refractivity contribution in [3.05, 3.63) is 23.8 Å². The van der Waals surface area contributed by atoms with E-state index in [0.29, 0.717) is 13.2 Å². The highest BCUT2D eigenvalue weighted by Gasteiger charge is 2.32. The Kier molecular flexibility index (Phi) is 4.63. The SMILES string of the molecule is CCNCC1OCCN(C)C1c1ccc2c(c1)OCCO2. The summed E-state index contributed by atoms with van der Waals surface area (Å²) in [6.45, 7) is 6.91. The molecule has 2 unspecified atom stereocenters. The Morgan fingerprint density at radius 1 is 1.19 bits per heavy atom. The molecule has 2 aliphatic heterocycles. The Bertz CT molecular complexity index is 481. The van der Waals surface area contributed by atoms with Gasteiger partial charge in [-0.15, -0.1) is 0 Å². The molecule has 1 saturated heterocycles. The van der Waals surface area contributed by atoms with E-state index in [2.05, 4.69) is 36.3 Å². The van der Waals surface area contributed by atoms with Crippen LogP contribution in [0.2, 0.25) is 0 Å². The molecule has 0 bridgehead atoms. The molecule has 0 amide bonds. The summed E-state index contributed by atoms with van der Waals surface area (Å²) in [6, 6.07) is 6.48. The lowest BCUT2D eigenvalue weighted by Gasteiger charge is -2.39. The van der Waals surface area contributed by atoms with Crippen LogP contribution in [0.1, 0.15) is 18.5 Å². The van der Waals surface area contributed by atoms with Gasteiger partial charge in [-0.25, -0.2) is 0 Å². The number of ether oxygens (including phenoxy) is 3. The monoisotopic (exact) mass is 292 g/mol. The molecule has 0 aliphatic carbocycles. The maximum atomic E-state index is 5.99. The van der Waals surface area contributed by atoms with Gasteiger partial charge in [-0.3, -0.25) is 4.90 Å². The number of rotatable bonds is 4. The van der Waals surface area contributed by atoms with Gasteiger partial charge in [0.15, 0.2) is 11.5 Å². The number of morpholine rings is 1. The summed E-state index contributed by atoms with van der Waals surface area (Å²) in [5.41, 5.74) is 1.23. The minimum Gasteiger partial charge on any atom is -0.486 e. The number of hydrogen-bond acceptors (Lipinski definition) is 5. The molecule has 1 aromatic carbocycles. The van der Waals surface area contributed by atoms with E-state index in [4.69, 9.17) is 14.2 Å².